The van der Waals surface area contributed by atoms with Gasteiger partial charge in [0.05, 0.1) is 6.04 Å². The standard InChI is InChI=1S/C11H15N5S/c1-7-5-13-11(16-12)15-10(7)14-8(2)9-3-4-17-6-9/h3-6,8H,12H2,1-2H3,(H2,13,14,15,16). The van der Waals surface area contributed by atoms with Gasteiger partial charge in [0.25, 0.3) is 0 Å². The monoisotopic (exact) mass is 249 g/mol. The summed E-state index contributed by atoms with van der Waals surface area (Å²) in [5.41, 5.74) is 4.68. The van der Waals surface area contributed by atoms with E-state index in [0.717, 1.165) is 11.4 Å². The predicted molar refractivity (Wildman–Crippen MR) is 70.9 cm³/mol. The molecule has 90 valence electrons. The van der Waals surface area contributed by atoms with Gasteiger partial charge in [-0.2, -0.15) is 16.3 Å². The summed E-state index contributed by atoms with van der Waals surface area (Å²) in [6, 6.07) is 2.31. The highest BCUT2D eigenvalue weighted by molar-refractivity contribution is 7.07. The van der Waals surface area contributed by atoms with Crippen LogP contribution in [0.15, 0.2) is 23.0 Å². The first-order chi connectivity index (χ1) is 8.20. The van der Waals surface area contributed by atoms with Crippen LogP contribution < -0.4 is 16.6 Å². The van der Waals surface area contributed by atoms with Crippen molar-refractivity contribution in [3.8, 4) is 0 Å². The summed E-state index contributed by atoms with van der Waals surface area (Å²) in [4.78, 5) is 8.33. The zero-order valence-electron chi connectivity index (χ0n) is 9.77. The maximum atomic E-state index is 5.29. The van der Waals surface area contributed by atoms with Gasteiger partial charge in [0.1, 0.15) is 5.82 Å². The Kier molecular flexibility index (Phi) is 3.55. The Morgan fingerprint density at radius 1 is 1.47 bits per heavy atom. The molecule has 5 nitrogen and oxygen atoms in total. The molecule has 0 aromatic carbocycles. The molecule has 2 rings (SSSR count). The van der Waals surface area contributed by atoms with Gasteiger partial charge in [-0.25, -0.2) is 10.8 Å². The number of hydrogen-bond acceptors (Lipinski definition) is 6. The van der Waals surface area contributed by atoms with Crippen molar-refractivity contribution in [3.63, 3.8) is 0 Å². The summed E-state index contributed by atoms with van der Waals surface area (Å²) in [7, 11) is 0. The van der Waals surface area contributed by atoms with Crippen molar-refractivity contribution in [3.05, 3.63) is 34.2 Å². The number of rotatable bonds is 4. The fourth-order valence-electron chi connectivity index (χ4n) is 1.47. The van der Waals surface area contributed by atoms with Gasteiger partial charge in [0.2, 0.25) is 5.95 Å². The van der Waals surface area contributed by atoms with Crippen LogP contribution in [0.5, 0.6) is 0 Å². The second-order valence-corrected chi connectivity index (χ2v) is 4.57. The van der Waals surface area contributed by atoms with Crippen LogP contribution in [0.3, 0.4) is 0 Å². The van der Waals surface area contributed by atoms with E-state index in [4.69, 9.17) is 5.84 Å². The minimum atomic E-state index is 0.209. The fourth-order valence-corrected chi connectivity index (χ4v) is 2.22. The zero-order chi connectivity index (χ0) is 12.3. The van der Waals surface area contributed by atoms with Crippen LogP contribution in [0.25, 0.3) is 0 Å². The molecule has 2 heterocycles. The second kappa shape index (κ2) is 5.11. The third-order valence-corrected chi connectivity index (χ3v) is 3.20. The second-order valence-electron chi connectivity index (χ2n) is 3.79. The predicted octanol–water partition coefficient (Wildman–Crippen LogP) is 2.31. The lowest BCUT2D eigenvalue weighted by Crippen LogP contribution is -2.14. The number of aryl methyl sites for hydroxylation is 1. The number of hydrogen-bond donors (Lipinski definition) is 3. The summed E-state index contributed by atoms with van der Waals surface area (Å²) >= 11 is 1.69. The first-order valence-corrected chi connectivity index (χ1v) is 6.24. The molecule has 0 aliphatic rings. The molecule has 0 aliphatic heterocycles. The molecule has 1 unspecified atom stereocenters. The van der Waals surface area contributed by atoms with Gasteiger partial charge in [-0.3, -0.25) is 5.43 Å². The molecule has 2 aromatic heterocycles. The van der Waals surface area contributed by atoms with E-state index in [1.165, 1.54) is 5.56 Å². The van der Waals surface area contributed by atoms with Gasteiger partial charge in [0.15, 0.2) is 0 Å². The van der Waals surface area contributed by atoms with Crippen molar-refractivity contribution in [1.82, 2.24) is 9.97 Å². The van der Waals surface area contributed by atoms with Crippen LogP contribution in [-0.4, -0.2) is 9.97 Å². The molecular weight excluding hydrogens is 234 g/mol. The topological polar surface area (TPSA) is 75.9 Å². The molecule has 0 spiro atoms. The maximum Gasteiger partial charge on any atom is 0.239 e. The largest absolute Gasteiger partial charge is 0.363 e. The van der Waals surface area contributed by atoms with Crippen molar-refractivity contribution >= 4 is 23.1 Å². The Bertz CT molecular complexity index is 483. The lowest BCUT2D eigenvalue weighted by Gasteiger charge is -2.15. The van der Waals surface area contributed by atoms with Gasteiger partial charge < -0.3 is 5.32 Å². The van der Waals surface area contributed by atoms with Gasteiger partial charge >= 0.3 is 0 Å². The van der Waals surface area contributed by atoms with E-state index >= 15 is 0 Å². The summed E-state index contributed by atoms with van der Waals surface area (Å²) in [6.07, 6.45) is 1.74. The average Bonchev–Trinajstić information content (AvgIpc) is 2.85. The van der Waals surface area contributed by atoms with Crippen LogP contribution in [0.2, 0.25) is 0 Å². The summed E-state index contributed by atoms with van der Waals surface area (Å²) < 4.78 is 0. The summed E-state index contributed by atoms with van der Waals surface area (Å²) in [5, 5.41) is 7.53. The molecule has 0 saturated carbocycles. The number of hydrazine groups is 1. The van der Waals surface area contributed by atoms with Gasteiger partial charge in [-0.05, 0) is 36.2 Å². The first-order valence-electron chi connectivity index (χ1n) is 5.29. The quantitative estimate of drug-likeness (QED) is 0.572. The molecular formula is C11H15N5S. The van der Waals surface area contributed by atoms with Crippen molar-refractivity contribution < 1.29 is 0 Å². The van der Waals surface area contributed by atoms with E-state index in [0.29, 0.717) is 5.95 Å². The van der Waals surface area contributed by atoms with Gasteiger partial charge in [0, 0.05) is 11.8 Å². The van der Waals surface area contributed by atoms with Crippen molar-refractivity contribution in [1.29, 1.82) is 0 Å². The average molecular weight is 249 g/mol. The highest BCUT2D eigenvalue weighted by Gasteiger charge is 2.09. The van der Waals surface area contributed by atoms with Gasteiger partial charge in [-0.1, -0.05) is 0 Å². The number of nitrogens with two attached hydrogens (primary N) is 1. The Hall–Kier alpha value is -1.66. The van der Waals surface area contributed by atoms with E-state index in [1.807, 2.05) is 6.92 Å². The molecule has 0 amide bonds. The van der Waals surface area contributed by atoms with Crippen LogP contribution in [-0.2, 0) is 0 Å². The number of aromatic nitrogens is 2. The smallest absolute Gasteiger partial charge is 0.239 e. The number of nitrogens with one attached hydrogen (secondary N) is 2. The summed E-state index contributed by atoms with van der Waals surface area (Å²) in [6.45, 7) is 4.06. The Morgan fingerprint density at radius 2 is 2.29 bits per heavy atom. The third kappa shape index (κ3) is 2.72. The molecule has 6 heteroatoms. The molecule has 1 atom stereocenters. The van der Waals surface area contributed by atoms with Crippen molar-refractivity contribution in [2.75, 3.05) is 10.7 Å². The van der Waals surface area contributed by atoms with Crippen molar-refractivity contribution in [2.24, 2.45) is 5.84 Å². The number of nitrogen functional groups attached to an aromatic ring is 1. The van der Waals surface area contributed by atoms with Crippen LogP contribution in [0, 0.1) is 6.92 Å². The lowest BCUT2D eigenvalue weighted by molar-refractivity contribution is 0.873. The summed E-state index contributed by atoms with van der Waals surface area (Å²) in [5.74, 6) is 6.50. The minimum Gasteiger partial charge on any atom is -0.363 e. The maximum absolute atomic E-state index is 5.29. The number of anilines is 2. The molecule has 17 heavy (non-hydrogen) atoms. The normalized spacial score (nSPS) is 12.2. The first kappa shape index (κ1) is 11.8. The highest BCUT2D eigenvalue weighted by Crippen LogP contribution is 2.22. The van der Waals surface area contributed by atoms with Crippen LogP contribution in [0.1, 0.15) is 24.1 Å². The van der Waals surface area contributed by atoms with Crippen LogP contribution in [0.4, 0.5) is 11.8 Å². The number of thiophene rings is 1. The zero-order valence-corrected chi connectivity index (χ0v) is 10.6. The Balaban J connectivity index is 2.18. The molecule has 4 N–H and O–H groups in total. The molecule has 0 fully saturated rings. The lowest BCUT2D eigenvalue weighted by atomic mass is 10.2. The van der Waals surface area contributed by atoms with E-state index in [-0.39, 0.29) is 6.04 Å². The third-order valence-electron chi connectivity index (χ3n) is 2.50. The molecule has 2 aromatic rings. The van der Waals surface area contributed by atoms with E-state index < -0.39 is 0 Å². The van der Waals surface area contributed by atoms with Gasteiger partial charge in [-0.15, -0.1) is 0 Å². The van der Waals surface area contributed by atoms with E-state index in [1.54, 1.807) is 17.5 Å². The number of nitrogens with zero attached hydrogens (tertiary/aromatic N) is 2. The molecule has 0 radical (unpaired) electrons. The van der Waals surface area contributed by atoms with E-state index in [9.17, 15) is 0 Å². The minimum absolute atomic E-state index is 0.209. The highest BCUT2D eigenvalue weighted by atomic mass is 32.1. The Labute approximate surface area is 104 Å². The SMILES string of the molecule is Cc1cnc(NN)nc1NC(C)c1ccsc1. The van der Waals surface area contributed by atoms with E-state index in [2.05, 4.69) is 44.5 Å². The molecule has 0 aliphatic carbocycles. The Morgan fingerprint density at radius 3 is 2.94 bits per heavy atom. The molecule has 0 bridgehead atoms. The van der Waals surface area contributed by atoms with Crippen LogP contribution >= 0.6 is 11.3 Å². The fraction of sp³-hybridized carbons (Fsp3) is 0.273. The van der Waals surface area contributed by atoms with Crippen molar-refractivity contribution in [2.45, 2.75) is 19.9 Å². The molecule has 0 saturated heterocycles.